The van der Waals surface area contributed by atoms with E-state index in [2.05, 4.69) is 11.9 Å². The summed E-state index contributed by atoms with van der Waals surface area (Å²) in [5.74, 6) is -0.815. The topological polar surface area (TPSA) is 29.1 Å². The van der Waals surface area contributed by atoms with Crippen molar-refractivity contribution in [3.05, 3.63) is 35.8 Å². The predicted octanol–water partition coefficient (Wildman–Crippen LogP) is 2.85. The van der Waals surface area contributed by atoms with Gasteiger partial charge in [0.25, 0.3) is 0 Å². The predicted molar refractivity (Wildman–Crippen MR) is 56.2 cm³/mol. The second-order valence-corrected chi connectivity index (χ2v) is 2.99. The third kappa shape index (κ3) is 4.60. The number of carbonyl (C=O) groups excluding carboxylic acids is 1. The van der Waals surface area contributed by atoms with Gasteiger partial charge in [-0.15, -0.1) is 0 Å². The molecule has 3 heteroatoms. The highest BCUT2D eigenvalue weighted by molar-refractivity contribution is 5.75. The lowest BCUT2D eigenvalue weighted by Gasteiger charge is -2.05. The second kappa shape index (κ2) is 6.13. The molecule has 0 radical (unpaired) electrons. The molecule has 0 aromatic rings. The number of nitrogens with one attached hydrogen (secondary N) is 1. The molecule has 0 aromatic heterocycles. The third-order valence-electron chi connectivity index (χ3n) is 1.70. The van der Waals surface area contributed by atoms with Gasteiger partial charge in [0.15, 0.2) is 0 Å². The van der Waals surface area contributed by atoms with Crippen LogP contribution in [0.15, 0.2) is 35.8 Å². The van der Waals surface area contributed by atoms with Crippen molar-refractivity contribution in [2.75, 3.05) is 0 Å². The van der Waals surface area contributed by atoms with Crippen LogP contribution < -0.4 is 5.32 Å². The summed E-state index contributed by atoms with van der Waals surface area (Å²) in [5.41, 5.74) is 1.16. The van der Waals surface area contributed by atoms with E-state index in [1.807, 2.05) is 13.8 Å². The molecule has 0 aliphatic heterocycles. The molecule has 78 valence electrons. The fourth-order valence-electron chi connectivity index (χ4n) is 0.813. The molecule has 0 heterocycles. The van der Waals surface area contributed by atoms with Gasteiger partial charge in [-0.05, 0) is 25.5 Å². The zero-order valence-corrected chi connectivity index (χ0v) is 8.86. The first-order chi connectivity index (χ1) is 6.51. The van der Waals surface area contributed by atoms with Gasteiger partial charge >= 0.3 is 0 Å². The van der Waals surface area contributed by atoms with E-state index < -0.39 is 5.83 Å². The van der Waals surface area contributed by atoms with Crippen LogP contribution in [-0.2, 0) is 4.79 Å². The molecule has 0 aliphatic rings. The van der Waals surface area contributed by atoms with Gasteiger partial charge in [0.2, 0.25) is 5.91 Å². The van der Waals surface area contributed by atoms with Gasteiger partial charge in [-0.25, -0.2) is 4.39 Å². The van der Waals surface area contributed by atoms with E-state index in [-0.39, 0.29) is 11.6 Å². The molecule has 0 saturated heterocycles. The van der Waals surface area contributed by atoms with Gasteiger partial charge < -0.3 is 5.32 Å². The van der Waals surface area contributed by atoms with Crippen LogP contribution in [0.3, 0.4) is 0 Å². The number of rotatable bonds is 4. The minimum Gasteiger partial charge on any atom is -0.324 e. The Hall–Kier alpha value is -1.38. The van der Waals surface area contributed by atoms with Crippen molar-refractivity contribution in [1.29, 1.82) is 0 Å². The first-order valence-corrected chi connectivity index (χ1v) is 4.48. The van der Waals surface area contributed by atoms with Crippen LogP contribution in [0.25, 0.3) is 0 Å². The van der Waals surface area contributed by atoms with Crippen LogP contribution in [0.2, 0.25) is 0 Å². The van der Waals surface area contributed by atoms with Crippen molar-refractivity contribution in [2.45, 2.75) is 27.2 Å². The maximum Gasteiger partial charge on any atom is 0.221 e. The first-order valence-electron chi connectivity index (χ1n) is 4.48. The number of hydrogen-bond donors (Lipinski definition) is 1. The summed E-state index contributed by atoms with van der Waals surface area (Å²) >= 11 is 0. The Morgan fingerprint density at radius 1 is 1.50 bits per heavy atom. The maximum atomic E-state index is 13.2. The number of hydrogen-bond acceptors (Lipinski definition) is 1. The molecule has 0 aromatic carbocycles. The minimum atomic E-state index is -0.520. The smallest absolute Gasteiger partial charge is 0.221 e. The molecular weight excluding hydrogens is 181 g/mol. The third-order valence-corrected chi connectivity index (χ3v) is 1.70. The minimum absolute atomic E-state index is 0.173. The lowest BCUT2D eigenvalue weighted by molar-refractivity contribution is -0.118. The molecule has 14 heavy (non-hydrogen) atoms. The molecular formula is C11H16FNO. The van der Waals surface area contributed by atoms with Crippen LogP contribution in [0.4, 0.5) is 4.39 Å². The van der Waals surface area contributed by atoms with Gasteiger partial charge in [0.05, 0.1) is 5.70 Å². The highest BCUT2D eigenvalue weighted by Gasteiger charge is 2.02. The lowest BCUT2D eigenvalue weighted by atomic mass is 10.2. The molecule has 0 bridgehead atoms. The normalized spacial score (nSPS) is 13.3. The summed E-state index contributed by atoms with van der Waals surface area (Å²) in [5, 5.41) is 2.41. The summed E-state index contributed by atoms with van der Waals surface area (Å²) in [6.45, 7) is 8.48. The standard InChI is InChI=1S/C11H16FNO/c1-5-8(3)7-11(10(12)6-2)13-9(4)14/h6-7H,2,5H2,1,3-4H3,(H,13,14)/b8-7+,11-10-. The molecule has 2 nitrogen and oxygen atoms in total. The van der Waals surface area contributed by atoms with Gasteiger partial charge in [-0.2, -0.15) is 0 Å². The SMILES string of the molecule is C=C/C(F)=C(\C=C(/C)CC)NC(C)=O. The van der Waals surface area contributed by atoms with Gasteiger partial charge in [0.1, 0.15) is 5.83 Å². The number of amides is 1. The van der Waals surface area contributed by atoms with Gasteiger partial charge in [-0.3, -0.25) is 4.79 Å². The monoisotopic (exact) mass is 197 g/mol. The Labute approximate surface area is 84.2 Å². The highest BCUT2D eigenvalue weighted by Crippen LogP contribution is 2.10. The largest absolute Gasteiger partial charge is 0.324 e. The molecule has 0 fully saturated rings. The molecule has 0 atom stereocenters. The van der Waals surface area contributed by atoms with Gasteiger partial charge in [-0.1, -0.05) is 19.1 Å². The van der Waals surface area contributed by atoms with Gasteiger partial charge in [0, 0.05) is 6.92 Å². The molecule has 0 unspecified atom stereocenters. The van der Waals surface area contributed by atoms with E-state index in [0.29, 0.717) is 0 Å². The van der Waals surface area contributed by atoms with Crippen molar-refractivity contribution >= 4 is 5.91 Å². The first kappa shape index (κ1) is 12.6. The number of halogens is 1. The van der Waals surface area contributed by atoms with E-state index in [4.69, 9.17) is 0 Å². The molecule has 0 rings (SSSR count). The molecule has 0 spiro atoms. The average Bonchev–Trinajstić information content (AvgIpc) is 2.14. The summed E-state index contributed by atoms with van der Waals surface area (Å²) in [6, 6.07) is 0. The van der Waals surface area contributed by atoms with Crippen molar-refractivity contribution in [1.82, 2.24) is 5.32 Å². The van der Waals surface area contributed by atoms with Crippen molar-refractivity contribution in [3.63, 3.8) is 0 Å². The molecule has 1 N–H and O–H groups in total. The fourth-order valence-corrected chi connectivity index (χ4v) is 0.813. The molecule has 1 amide bonds. The summed E-state index contributed by atoms with van der Waals surface area (Å²) in [6.07, 6.45) is 3.50. The summed E-state index contributed by atoms with van der Waals surface area (Å²) in [7, 11) is 0. The Morgan fingerprint density at radius 2 is 2.07 bits per heavy atom. The Balaban J connectivity index is 4.92. The van der Waals surface area contributed by atoms with E-state index >= 15 is 0 Å². The maximum absolute atomic E-state index is 13.2. The van der Waals surface area contributed by atoms with E-state index in [1.54, 1.807) is 6.08 Å². The number of allylic oxidation sites excluding steroid dienone is 4. The molecule has 0 saturated carbocycles. The van der Waals surface area contributed by atoms with Crippen LogP contribution in [0.5, 0.6) is 0 Å². The highest BCUT2D eigenvalue weighted by atomic mass is 19.1. The van der Waals surface area contributed by atoms with Crippen LogP contribution >= 0.6 is 0 Å². The van der Waals surface area contributed by atoms with E-state index in [9.17, 15) is 9.18 Å². The Bertz CT molecular complexity index is 290. The van der Waals surface area contributed by atoms with Crippen molar-refractivity contribution < 1.29 is 9.18 Å². The van der Waals surface area contributed by atoms with Crippen LogP contribution in [-0.4, -0.2) is 5.91 Å². The fraction of sp³-hybridized carbons (Fsp3) is 0.364. The van der Waals surface area contributed by atoms with E-state index in [1.165, 1.54) is 6.92 Å². The average molecular weight is 197 g/mol. The van der Waals surface area contributed by atoms with Crippen molar-refractivity contribution in [2.24, 2.45) is 0 Å². The van der Waals surface area contributed by atoms with Crippen LogP contribution in [0.1, 0.15) is 27.2 Å². The van der Waals surface area contributed by atoms with Crippen molar-refractivity contribution in [3.8, 4) is 0 Å². The second-order valence-electron chi connectivity index (χ2n) is 2.99. The zero-order valence-electron chi connectivity index (χ0n) is 8.86. The van der Waals surface area contributed by atoms with Crippen LogP contribution in [0, 0.1) is 0 Å². The summed E-state index contributed by atoms with van der Waals surface area (Å²) in [4.78, 5) is 10.8. The summed E-state index contributed by atoms with van der Waals surface area (Å²) < 4.78 is 13.2. The number of carbonyl (C=O) groups is 1. The Morgan fingerprint density at radius 3 is 2.43 bits per heavy atom. The van der Waals surface area contributed by atoms with E-state index in [0.717, 1.165) is 18.1 Å². The lowest BCUT2D eigenvalue weighted by Crippen LogP contribution is -2.19. The zero-order chi connectivity index (χ0) is 11.1. The molecule has 0 aliphatic carbocycles. The Kier molecular flexibility index (Phi) is 5.53. The quantitative estimate of drug-likeness (QED) is 0.690.